The zero-order chi connectivity index (χ0) is 21.5. The van der Waals surface area contributed by atoms with Gasteiger partial charge in [0.1, 0.15) is 6.54 Å². The number of imide groups is 1. The third-order valence-corrected chi connectivity index (χ3v) is 5.55. The number of benzene rings is 2. The van der Waals surface area contributed by atoms with E-state index in [2.05, 4.69) is 15.5 Å². The molecular formula is C23H24N4O3. The van der Waals surface area contributed by atoms with E-state index in [0.29, 0.717) is 17.0 Å². The molecule has 2 aromatic carbocycles. The summed E-state index contributed by atoms with van der Waals surface area (Å²) in [7, 11) is 0. The van der Waals surface area contributed by atoms with Gasteiger partial charge in [0.25, 0.3) is 5.91 Å². The fourth-order valence-corrected chi connectivity index (χ4v) is 3.64. The van der Waals surface area contributed by atoms with Gasteiger partial charge in [0.2, 0.25) is 5.89 Å². The minimum absolute atomic E-state index is 0.0795. The molecule has 3 amide bonds. The molecule has 7 heteroatoms. The second kappa shape index (κ2) is 7.40. The number of nitrogens with zero attached hydrogens (tertiary/aromatic N) is 3. The summed E-state index contributed by atoms with van der Waals surface area (Å²) in [6, 6.07) is 14.6. The molecule has 1 saturated heterocycles. The van der Waals surface area contributed by atoms with Gasteiger partial charge in [0.15, 0.2) is 11.4 Å². The highest BCUT2D eigenvalue weighted by Gasteiger charge is 2.54. The van der Waals surface area contributed by atoms with Gasteiger partial charge in [-0.3, -0.25) is 9.69 Å². The number of urea groups is 1. The molecular weight excluding hydrogens is 380 g/mol. The van der Waals surface area contributed by atoms with Gasteiger partial charge >= 0.3 is 6.03 Å². The summed E-state index contributed by atoms with van der Waals surface area (Å²) in [6.45, 7) is 7.81. The summed E-state index contributed by atoms with van der Waals surface area (Å²) >= 11 is 0. The Labute approximate surface area is 175 Å². The van der Waals surface area contributed by atoms with Gasteiger partial charge in [-0.05, 0) is 36.1 Å². The van der Waals surface area contributed by atoms with Crippen LogP contribution in [-0.4, -0.2) is 27.0 Å². The summed E-state index contributed by atoms with van der Waals surface area (Å²) in [4.78, 5) is 32.1. The van der Waals surface area contributed by atoms with Crippen molar-refractivity contribution >= 4 is 11.9 Å². The smallest absolute Gasteiger partial charge is 0.326 e. The van der Waals surface area contributed by atoms with Gasteiger partial charge in [0.05, 0.1) is 0 Å². The van der Waals surface area contributed by atoms with Gasteiger partial charge in [0, 0.05) is 5.92 Å². The van der Waals surface area contributed by atoms with E-state index < -0.39 is 11.6 Å². The molecule has 0 spiro atoms. The summed E-state index contributed by atoms with van der Waals surface area (Å²) in [5, 5.41) is 6.87. The number of aromatic nitrogens is 2. The number of rotatable bonds is 5. The van der Waals surface area contributed by atoms with Crippen molar-refractivity contribution in [1.29, 1.82) is 0 Å². The van der Waals surface area contributed by atoms with Crippen LogP contribution in [0.1, 0.15) is 53.7 Å². The maximum absolute atomic E-state index is 13.7. The number of hydrogen-bond donors (Lipinski definition) is 1. The average Bonchev–Trinajstić information content (AvgIpc) is 3.30. The second-order valence-electron chi connectivity index (χ2n) is 7.94. The van der Waals surface area contributed by atoms with Crippen LogP contribution in [0.4, 0.5) is 4.79 Å². The Kier molecular flexibility index (Phi) is 4.89. The molecule has 0 radical (unpaired) electrons. The first-order chi connectivity index (χ1) is 14.3. The molecule has 1 aliphatic heterocycles. The number of amides is 3. The third-order valence-electron chi connectivity index (χ3n) is 5.55. The van der Waals surface area contributed by atoms with E-state index in [1.54, 1.807) is 0 Å². The number of carbonyl (C=O) groups is 2. The van der Waals surface area contributed by atoms with E-state index in [0.717, 1.165) is 16.0 Å². The average molecular weight is 404 g/mol. The largest absolute Gasteiger partial charge is 0.337 e. The van der Waals surface area contributed by atoms with E-state index in [1.807, 2.05) is 76.2 Å². The molecule has 1 N–H and O–H groups in total. The minimum atomic E-state index is -1.31. The summed E-state index contributed by atoms with van der Waals surface area (Å²) in [5.74, 6) is 0.488. The fourth-order valence-electron chi connectivity index (χ4n) is 3.64. The molecule has 1 fully saturated rings. The predicted octanol–water partition coefficient (Wildman–Crippen LogP) is 3.81. The SMILES string of the molecule is Cc1ccc([C@]2(c3ccccc3)NC(=O)N(Cc3nc(C(C)C)no3)C2=O)cc1C. The Morgan fingerprint density at radius 3 is 2.40 bits per heavy atom. The van der Waals surface area contributed by atoms with Crippen molar-refractivity contribution in [3.05, 3.63) is 82.5 Å². The Morgan fingerprint density at radius 2 is 1.77 bits per heavy atom. The van der Waals surface area contributed by atoms with Crippen LogP contribution in [-0.2, 0) is 16.9 Å². The molecule has 154 valence electrons. The molecule has 30 heavy (non-hydrogen) atoms. The van der Waals surface area contributed by atoms with Gasteiger partial charge in [-0.25, -0.2) is 4.79 Å². The lowest BCUT2D eigenvalue weighted by Gasteiger charge is -2.28. The lowest BCUT2D eigenvalue weighted by molar-refractivity contribution is -0.130. The molecule has 1 atom stereocenters. The Morgan fingerprint density at radius 1 is 1.03 bits per heavy atom. The first-order valence-electron chi connectivity index (χ1n) is 9.92. The van der Waals surface area contributed by atoms with Crippen LogP contribution in [0.25, 0.3) is 0 Å². The van der Waals surface area contributed by atoms with Crippen LogP contribution in [0.5, 0.6) is 0 Å². The van der Waals surface area contributed by atoms with E-state index in [-0.39, 0.29) is 24.3 Å². The molecule has 0 bridgehead atoms. The predicted molar refractivity (Wildman–Crippen MR) is 111 cm³/mol. The number of nitrogens with one attached hydrogen (secondary N) is 1. The number of aryl methyl sites for hydroxylation is 2. The van der Waals surface area contributed by atoms with Crippen molar-refractivity contribution in [3.63, 3.8) is 0 Å². The highest BCUT2D eigenvalue weighted by atomic mass is 16.5. The minimum Gasteiger partial charge on any atom is -0.337 e. The molecule has 1 aromatic heterocycles. The Bertz CT molecular complexity index is 1110. The van der Waals surface area contributed by atoms with Crippen LogP contribution < -0.4 is 5.32 Å². The fraction of sp³-hybridized carbons (Fsp3) is 0.304. The Balaban J connectivity index is 1.78. The van der Waals surface area contributed by atoms with Crippen LogP contribution >= 0.6 is 0 Å². The molecule has 4 rings (SSSR count). The lowest BCUT2D eigenvalue weighted by atomic mass is 9.81. The monoisotopic (exact) mass is 404 g/mol. The maximum Gasteiger partial charge on any atom is 0.326 e. The van der Waals surface area contributed by atoms with Crippen LogP contribution in [0, 0.1) is 13.8 Å². The quantitative estimate of drug-likeness (QED) is 0.654. The first-order valence-corrected chi connectivity index (χ1v) is 9.92. The van der Waals surface area contributed by atoms with Crippen molar-refractivity contribution in [2.75, 3.05) is 0 Å². The summed E-state index contributed by atoms with van der Waals surface area (Å²) < 4.78 is 5.26. The third kappa shape index (κ3) is 3.16. The molecule has 7 nitrogen and oxygen atoms in total. The van der Waals surface area contributed by atoms with Gasteiger partial charge < -0.3 is 9.84 Å². The zero-order valence-corrected chi connectivity index (χ0v) is 17.5. The number of hydrogen-bond acceptors (Lipinski definition) is 5. The molecule has 3 aromatic rings. The topological polar surface area (TPSA) is 88.3 Å². The standard InChI is InChI=1S/C23H24N4O3/c1-14(2)20-24-19(30-26-20)13-27-21(28)23(25-22(27)29,17-8-6-5-7-9-17)18-11-10-15(3)16(4)12-18/h5-12,14H,13H2,1-4H3,(H,25,29)/t23-/m0/s1. The van der Waals surface area contributed by atoms with E-state index in [1.165, 1.54) is 0 Å². The van der Waals surface area contributed by atoms with Crippen LogP contribution in [0.2, 0.25) is 0 Å². The second-order valence-corrected chi connectivity index (χ2v) is 7.94. The summed E-state index contributed by atoms with van der Waals surface area (Å²) in [6.07, 6.45) is 0. The van der Waals surface area contributed by atoms with Crippen LogP contribution in [0.3, 0.4) is 0 Å². The lowest BCUT2D eigenvalue weighted by Crippen LogP contribution is -2.45. The van der Waals surface area contributed by atoms with Gasteiger partial charge in [-0.15, -0.1) is 0 Å². The van der Waals surface area contributed by atoms with Crippen molar-refractivity contribution < 1.29 is 14.1 Å². The Hall–Kier alpha value is -3.48. The van der Waals surface area contributed by atoms with Crippen molar-refractivity contribution in [2.45, 2.75) is 45.7 Å². The van der Waals surface area contributed by atoms with Crippen molar-refractivity contribution in [1.82, 2.24) is 20.4 Å². The normalized spacial score (nSPS) is 18.9. The highest BCUT2D eigenvalue weighted by molar-refractivity contribution is 6.09. The molecule has 0 unspecified atom stereocenters. The summed E-state index contributed by atoms with van der Waals surface area (Å²) in [5.41, 5.74) is 2.26. The maximum atomic E-state index is 13.7. The number of carbonyl (C=O) groups excluding carboxylic acids is 2. The van der Waals surface area contributed by atoms with Gasteiger partial charge in [-0.1, -0.05) is 67.5 Å². The molecule has 1 aliphatic rings. The molecule has 0 aliphatic carbocycles. The van der Waals surface area contributed by atoms with E-state index >= 15 is 0 Å². The van der Waals surface area contributed by atoms with Crippen molar-refractivity contribution in [2.24, 2.45) is 0 Å². The highest BCUT2D eigenvalue weighted by Crippen LogP contribution is 2.37. The molecule has 0 saturated carbocycles. The van der Waals surface area contributed by atoms with Crippen molar-refractivity contribution in [3.8, 4) is 0 Å². The van der Waals surface area contributed by atoms with Crippen LogP contribution in [0.15, 0.2) is 53.1 Å². The first kappa shape index (κ1) is 19.8. The van der Waals surface area contributed by atoms with Gasteiger partial charge in [-0.2, -0.15) is 4.98 Å². The van der Waals surface area contributed by atoms with E-state index in [9.17, 15) is 9.59 Å². The molecule has 2 heterocycles. The zero-order valence-electron chi connectivity index (χ0n) is 17.5. The van der Waals surface area contributed by atoms with E-state index in [4.69, 9.17) is 4.52 Å².